The highest BCUT2D eigenvalue weighted by atomic mass is 32.2. The van der Waals surface area contributed by atoms with E-state index >= 15 is 0 Å². The van der Waals surface area contributed by atoms with E-state index in [2.05, 4.69) is 4.72 Å². The zero-order valence-corrected chi connectivity index (χ0v) is 8.58. The molecule has 0 aromatic heterocycles. The molecule has 74 valence electrons. The molecule has 0 amide bonds. The van der Waals surface area contributed by atoms with E-state index in [1.165, 1.54) is 6.08 Å². The Kier molecular flexibility index (Phi) is 4.22. The van der Waals surface area contributed by atoms with Gasteiger partial charge in [0, 0.05) is 0 Å². The van der Waals surface area contributed by atoms with Crippen molar-refractivity contribution in [2.75, 3.05) is 7.05 Å². The van der Waals surface area contributed by atoms with Crippen LogP contribution in [0.5, 0.6) is 0 Å². The molecule has 1 N–H and O–H groups in total. The number of benzene rings is 1. The summed E-state index contributed by atoms with van der Waals surface area (Å²) in [4.78, 5) is 10.8. The molecule has 0 fully saturated rings. The summed E-state index contributed by atoms with van der Waals surface area (Å²) in [6, 6.07) is 7.14. The molecule has 4 heteroatoms. The maximum atomic E-state index is 11.3. The highest BCUT2D eigenvalue weighted by molar-refractivity contribution is 7.83. The molecule has 0 aliphatic carbocycles. The molecule has 3 nitrogen and oxygen atoms in total. The van der Waals surface area contributed by atoms with Gasteiger partial charge in [-0.2, -0.15) is 0 Å². The van der Waals surface area contributed by atoms with Gasteiger partial charge in [0.2, 0.25) is 0 Å². The molecule has 0 bridgehead atoms. The monoisotopic (exact) mass is 209 g/mol. The van der Waals surface area contributed by atoms with Crippen LogP contribution < -0.4 is 4.72 Å². The first-order valence-corrected chi connectivity index (χ1v) is 5.24. The van der Waals surface area contributed by atoms with Crippen LogP contribution in [-0.2, 0) is 15.8 Å². The highest BCUT2D eigenvalue weighted by Gasteiger charge is 1.98. The number of allylic oxidation sites excluding steroid dienone is 1. The number of rotatable bonds is 4. The van der Waals surface area contributed by atoms with Gasteiger partial charge in [0.1, 0.15) is 17.3 Å². The van der Waals surface area contributed by atoms with Crippen molar-refractivity contribution in [1.82, 2.24) is 4.72 Å². The Bertz CT molecular complexity index is 357. The second-order valence-corrected chi connectivity index (χ2v) is 3.95. The lowest BCUT2D eigenvalue weighted by molar-refractivity contribution is -0.104. The largest absolute Gasteiger partial charge is 0.299 e. The maximum absolute atomic E-state index is 11.3. The normalized spacial score (nSPS) is 12.9. The Hall–Kier alpha value is -1.26. The van der Waals surface area contributed by atoms with Gasteiger partial charge in [-0.3, -0.25) is 4.79 Å². The lowest BCUT2D eigenvalue weighted by atomic mass is 10.2. The third-order valence-electron chi connectivity index (χ3n) is 1.65. The number of hydrogen-bond acceptors (Lipinski definition) is 2. The van der Waals surface area contributed by atoms with Crippen molar-refractivity contribution in [3.63, 3.8) is 0 Å². The average molecular weight is 209 g/mol. The van der Waals surface area contributed by atoms with E-state index in [4.69, 9.17) is 0 Å². The van der Waals surface area contributed by atoms with Crippen molar-refractivity contribution in [3.8, 4) is 0 Å². The highest BCUT2D eigenvalue weighted by Crippen LogP contribution is 2.08. The maximum Gasteiger partial charge on any atom is 0.142 e. The number of hydrogen-bond donors (Lipinski definition) is 1. The number of carbonyl (C=O) groups is 1. The standard InChI is InChI=1S/C10H11NO2S/c1-11-14(13)10-6-4-9(5-7-10)3-2-8-12/h2-8,11H,1H3/b3-2+. The van der Waals surface area contributed by atoms with Crippen LogP contribution in [0.2, 0.25) is 0 Å². The third kappa shape index (κ3) is 2.90. The molecule has 0 saturated carbocycles. The van der Waals surface area contributed by atoms with E-state index in [9.17, 15) is 9.00 Å². The molecule has 0 spiro atoms. The fraction of sp³-hybridized carbons (Fsp3) is 0.100. The van der Waals surface area contributed by atoms with Crippen LogP contribution in [0, 0.1) is 0 Å². The fourth-order valence-corrected chi connectivity index (χ4v) is 1.59. The molecule has 0 saturated heterocycles. The van der Waals surface area contributed by atoms with Gasteiger partial charge >= 0.3 is 0 Å². The molecule has 0 aliphatic rings. The SMILES string of the molecule is CNS(=O)c1ccc(/C=C/C=O)cc1. The second-order valence-electron chi connectivity index (χ2n) is 2.54. The van der Waals surface area contributed by atoms with Gasteiger partial charge in [0.25, 0.3) is 0 Å². The molecule has 1 aromatic carbocycles. The van der Waals surface area contributed by atoms with Crippen molar-refractivity contribution >= 4 is 23.3 Å². The van der Waals surface area contributed by atoms with Crippen molar-refractivity contribution in [2.24, 2.45) is 0 Å². The molecule has 0 heterocycles. The minimum Gasteiger partial charge on any atom is -0.299 e. The van der Waals surface area contributed by atoms with Crippen LogP contribution in [0.4, 0.5) is 0 Å². The van der Waals surface area contributed by atoms with Gasteiger partial charge < -0.3 is 0 Å². The lowest BCUT2D eigenvalue weighted by Crippen LogP contribution is -2.10. The minimum atomic E-state index is -1.15. The Morgan fingerprint density at radius 1 is 1.29 bits per heavy atom. The summed E-state index contributed by atoms with van der Waals surface area (Å²) in [5, 5.41) is 0. The molecule has 1 aromatic rings. The Balaban J connectivity index is 2.83. The molecule has 1 rings (SSSR count). The van der Waals surface area contributed by atoms with Crippen LogP contribution in [0.1, 0.15) is 5.56 Å². The summed E-state index contributed by atoms with van der Waals surface area (Å²) < 4.78 is 13.9. The van der Waals surface area contributed by atoms with Crippen LogP contribution in [0.15, 0.2) is 35.2 Å². The zero-order chi connectivity index (χ0) is 10.4. The lowest BCUT2D eigenvalue weighted by Gasteiger charge is -1.99. The first kappa shape index (κ1) is 10.8. The molecular formula is C10H11NO2S. The third-order valence-corrected chi connectivity index (χ3v) is 2.72. The van der Waals surface area contributed by atoms with E-state index in [0.29, 0.717) is 0 Å². The smallest absolute Gasteiger partial charge is 0.142 e. The van der Waals surface area contributed by atoms with Crippen molar-refractivity contribution in [2.45, 2.75) is 4.90 Å². The van der Waals surface area contributed by atoms with Crippen LogP contribution >= 0.6 is 0 Å². The molecular weight excluding hydrogens is 198 g/mol. The summed E-state index contributed by atoms with van der Waals surface area (Å²) in [6.07, 6.45) is 3.84. The zero-order valence-electron chi connectivity index (χ0n) is 7.77. The Morgan fingerprint density at radius 3 is 2.43 bits per heavy atom. The van der Waals surface area contributed by atoms with Crippen molar-refractivity contribution < 1.29 is 9.00 Å². The van der Waals surface area contributed by atoms with Crippen LogP contribution in [0.25, 0.3) is 6.08 Å². The molecule has 1 unspecified atom stereocenters. The van der Waals surface area contributed by atoms with Gasteiger partial charge in [-0.15, -0.1) is 0 Å². The first-order chi connectivity index (χ1) is 6.77. The molecule has 14 heavy (non-hydrogen) atoms. The summed E-state index contributed by atoms with van der Waals surface area (Å²) in [5.74, 6) is 0. The Morgan fingerprint density at radius 2 is 1.93 bits per heavy atom. The number of aldehydes is 1. The van der Waals surface area contributed by atoms with E-state index in [-0.39, 0.29) is 0 Å². The number of nitrogens with one attached hydrogen (secondary N) is 1. The van der Waals surface area contributed by atoms with E-state index < -0.39 is 11.0 Å². The second kappa shape index (κ2) is 5.47. The van der Waals surface area contributed by atoms with Crippen molar-refractivity contribution in [3.05, 3.63) is 35.9 Å². The van der Waals surface area contributed by atoms with E-state index in [1.54, 1.807) is 25.3 Å². The van der Waals surface area contributed by atoms with Crippen LogP contribution in [-0.4, -0.2) is 17.5 Å². The van der Waals surface area contributed by atoms with Gasteiger partial charge in [0.15, 0.2) is 0 Å². The van der Waals surface area contributed by atoms with E-state index in [0.717, 1.165) is 16.7 Å². The summed E-state index contributed by atoms with van der Waals surface area (Å²) in [6.45, 7) is 0. The van der Waals surface area contributed by atoms with Gasteiger partial charge in [0.05, 0.1) is 4.90 Å². The summed E-state index contributed by atoms with van der Waals surface area (Å²) >= 11 is 0. The summed E-state index contributed by atoms with van der Waals surface area (Å²) in [5.41, 5.74) is 0.911. The average Bonchev–Trinajstić information content (AvgIpc) is 2.26. The Labute approximate surface area is 85.4 Å². The quantitative estimate of drug-likeness (QED) is 0.597. The molecule has 0 aliphatic heterocycles. The minimum absolute atomic E-state index is 0.718. The van der Waals surface area contributed by atoms with E-state index in [1.807, 2.05) is 12.1 Å². The first-order valence-electron chi connectivity index (χ1n) is 4.09. The topological polar surface area (TPSA) is 46.2 Å². The van der Waals surface area contributed by atoms with Gasteiger partial charge in [-0.05, 0) is 30.8 Å². The molecule has 1 atom stereocenters. The summed E-state index contributed by atoms with van der Waals surface area (Å²) in [7, 11) is 0.487. The van der Waals surface area contributed by atoms with Crippen molar-refractivity contribution in [1.29, 1.82) is 0 Å². The fourth-order valence-electron chi connectivity index (χ4n) is 0.971. The van der Waals surface area contributed by atoms with Crippen LogP contribution in [0.3, 0.4) is 0 Å². The number of carbonyl (C=O) groups excluding carboxylic acids is 1. The predicted molar refractivity (Wildman–Crippen MR) is 57.0 cm³/mol. The van der Waals surface area contributed by atoms with Gasteiger partial charge in [-0.1, -0.05) is 18.2 Å². The molecule has 0 radical (unpaired) electrons. The predicted octanol–water partition coefficient (Wildman–Crippen LogP) is 1.14. The van der Waals surface area contributed by atoms with Gasteiger partial charge in [-0.25, -0.2) is 8.93 Å².